The summed E-state index contributed by atoms with van der Waals surface area (Å²) in [5.41, 5.74) is 8.67. The fourth-order valence-corrected chi connectivity index (χ4v) is 8.71. The molecular formula is C51H66N8O10S. The van der Waals surface area contributed by atoms with Gasteiger partial charge in [-0.3, -0.25) is 33.7 Å². The van der Waals surface area contributed by atoms with E-state index >= 15 is 4.79 Å². The Labute approximate surface area is 412 Å². The van der Waals surface area contributed by atoms with Crippen LogP contribution in [-0.2, 0) is 62.5 Å². The summed E-state index contributed by atoms with van der Waals surface area (Å²) in [6.07, 6.45) is 2.98. The summed E-state index contributed by atoms with van der Waals surface area (Å²) in [6, 6.07) is 17.5. The number of carbonyl (C=O) groups excluding carboxylic acids is 8. The molecule has 1 fully saturated rings. The Bertz CT molecular complexity index is 2400. The Kier molecular flexibility index (Phi) is 21.3. The Hall–Kier alpha value is -6.73. The van der Waals surface area contributed by atoms with Crippen molar-refractivity contribution in [1.29, 1.82) is 0 Å². The molecule has 7 amide bonds. The maximum atomic E-state index is 15.0. The average molecular weight is 983 g/mol. The van der Waals surface area contributed by atoms with Crippen molar-refractivity contribution in [1.82, 2.24) is 36.5 Å². The number of ether oxygens (including phenoxy) is 2. The van der Waals surface area contributed by atoms with Crippen LogP contribution in [0, 0.1) is 5.92 Å². The zero-order valence-corrected chi connectivity index (χ0v) is 41.0. The number of aromatic amines is 1. The third-order valence-corrected chi connectivity index (χ3v) is 12.5. The van der Waals surface area contributed by atoms with Gasteiger partial charge < -0.3 is 46.8 Å². The molecule has 3 aromatic carbocycles. The van der Waals surface area contributed by atoms with Crippen LogP contribution in [-0.4, -0.2) is 119 Å². The monoisotopic (exact) mass is 982 g/mol. The fraction of sp³-hybridized carbons (Fsp3) is 0.451. The van der Waals surface area contributed by atoms with Crippen molar-refractivity contribution >= 4 is 70.2 Å². The lowest BCUT2D eigenvalue weighted by atomic mass is 9.99. The number of unbranched alkanes of at least 4 members (excludes halogenated alkanes) is 1. The maximum Gasteiger partial charge on any atom is 0.408 e. The molecule has 1 saturated heterocycles. The van der Waals surface area contributed by atoms with E-state index in [2.05, 4.69) is 31.6 Å². The number of fused-ring (bicyclic) bond motifs is 1. The highest BCUT2D eigenvalue weighted by atomic mass is 32.2. The first-order valence-electron chi connectivity index (χ1n) is 23.6. The number of hydrogen-bond donors (Lipinski definition) is 7. The van der Waals surface area contributed by atoms with Gasteiger partial charge in [-0.1, -0.05) is 92.7 Å². The van der Waals surface area contributed by atoms with Crippen LogP contribution >= 0.6 is 11.8 Å². The molecule has 1 aliphatic heterocycles. The van der Waals surface area contributed by atoms with Crippen LogP contribution in [0.5, 0.6) is 0 Å². The van der Waals surface area contributed by atoms with Crippen LogP contribution in [0.2, 0.25) is 0 Å². The summed E-state index contributed by atoms with van der Waals surface area (Å²) in [6.45, 7) is 3.91. The number of nitrogens with two attached hydrogens (primary N) is 1. The first-order valence-corrected chi connectivity index (χ1v) is 25.0. The Balaban J connectivity index is 1.49. The van der Waals surface area contributed by atoms with Crippen molar-refractivity contribution in [2.24, 2.45) is 11.7 Å². The van der Waals surface area contributed by atoms with Crippen LogP contribution in [0.25, 0.3) is 10.9 Å². The minimum absolute atomic E-state index is 0.0508. The molecule has 19 heteroatoms. The van der Waals surface area contributed by atoms with E-state index in [1.807, 2.05) is 50.4 Å². The number of para-hydroxylation sites is 1. The van der Waals surface area contributed by atoms with E-state index in [-0.39, 0.29) is 57.6 Å². The molecule has 0 aliphatic carbocycles. The Morgan fingerprint density at radius 1 is 0.814 bits per heavy atom. The van der Waals surface area contributed by atoms with Gasteiger partial charge in [0.25, 0.3) is 5.91 Å². The molecule has 1 aliphatic rings. The highest BCUT2D eigenvalue weighted by Gasteiger charge is 2.42. The minimum Gasteiger partial charge on any atom is -0.467 e. The Morgan fingerprint density at radius 2 is 1.46 bits per heavy atom. The third-order valence-electron chi connectivity index (χ3n) is 11.9. The highest BCUT2D eigenvalue weighted by Crippen LogP contribution is 2.22. The molecule has 376 valence electrons. The number of aromatic nitrogens is 1. The maximum absolute atomic E-state index is 15.0. The van der Waals surface area contributed by atoms with E-state index in [0.29, 0.717) is 35.3 Å². The first kappa shape index (κ1) is 54.2. The van der Waals surface area contributed by atoms with Gasteiger partial charge in [-0.05, 0) is 85.8 Å². The lowest BCUT2D eigenvalue weighted by molar-refractivity contribution is -0.154. The second-order valence-corrected chi connectivity index (χ2v) is 18.6. The predicted molar refractivity (Wildman–Crippen MR) is 266 cm³/mol. The number of nitrogens with one attached hydrogen (secondary N) is 6. The molecule has 0 spiro atoms. The third kappa shape index (κ3) is 15.9. The summed E-state index contributed by atoms with van der Waals surface area (Å²) in [5.74, 6) is -4.76. The van der Waals surface area contributed by atoms with Crippen LogP contribution < -0.4 is 32.3 Å². The summed E-state index contributed by atoms with van der Waals surface area (Å²) in [4.78, 5) is 117. The molecule has 70 heavy (non-hydrogen) atoms. The predicted octanol–water partition coefficient (Wildman–Crippen LogP) is 3.81. The second kappa shape index (κ2) is 27.5. The topological polar surface area (TPSA) is 260 Å². The molecule has 2 heterocycles. The van der Waals surface area contributed by atoms with E-state index < -0.39 is 90.2 Å². The summed E-state index contributed by atoms with van der Waals surface area (Å²) >= 11 is 1.49. The number of amides is 7. The van der Waals surface area contributed by atoms with Gasteiger partial charge >= 0.3 is 12.1 Å². The number of benzene rings is 3. The summed E-state index contributed by atoms with van der Waals surface area (Å²) in [7, 11) is 1.23. The molecule has 1 aromatic heterocycles. The normalized spacial score (nSPS) is 16.9. The Morgan fingerprint density at radius 3 is 2.13 bits per heavy atom. The lowest BCUT2D eigenvalue weighted by Gasteiger charge is -2.33. The van der Waals surface area contributed by atoms with Gasteiger partial charge in [0, 0.05) is 36.4 Å². The van der Waals surface area contributed by atoms with Crippen molar-refractivity contribution in [3.05, 3.63) is 108 Å². The van der Waals surface area contributed by atoms with Gasteiger partial charge in [0.05, 0.1) is 7.11 Å². The van der Waals surface area contributed by atoms with Crippen molar-refractivity contribution in [3.8, 4) is 0 Å². The molecule has 8 N–H and O–H groups in total. The lowest BCUT2D eigenvalue weighted by Crippen LogP contribution is -2.61. The number of alkyl carbamates (subject to hydrolysis) is 1. The van der Waals surface area contributed by atoms with E-state index in [0.717, 1.165) is 15.8 Å². The molecular weight excluding hydrogens is 917 g/mol. The number of rotatable bonds is 24. The summed E-state index contributed by atoms with van der Waals surface area (Å²) < 4.78 is 10.3. The number of imide groups is 1. The van der Waals surface area contributed by atoms with Gasteiger partial charge in [0.15, 0.2) is 0 Å². The zero-order chi connectivity index (χ0) is 50.6. The standard InChI is InChI=1S/C51H66N8O10S/c1-32(2)27-40(46(62)54-39(24-26-70-4)50(66)68-3)55-47(63)41(29-35-30-53-37-20-12-11-19-36(35)37)56-48(64)43(21-13-14-25-52)59-44(60)23-22-38(58-51(67)69-31-34-17-9-6-10-18-34)45(61)57-42(49(59)65)28-33-15-7-5-8-16-33/h5-12,15-20,30,32,38-43,53H,13-14,21-29,31,52H2,1-4H3,(H,54,62)(H,55,63)(H,56,64)(H,57,61)(H,58,67)/t38-,39?,40+,41+,42-,43+/m1/s1. The van der Waals surface area contributed by atoms with E-state index in [4.69, 9.17) is 15.2 Å². The van der Waals surface area contributed by atoms with Gasteiger partial charge in [0.2, 0.25) is 29.5 Å². The highest BCUT2D eigenvalue weighted by molar-refractivity contribution is 7.98. The SMILES string of the molecule is COC(=O)C(CCSC)NC(=O)[C@H](CC(C)C)NC(=O)[C@H](Cc1c[nH]c2ccccc12)NC(=O)[C@H](CCCCN)N1C(=O)CC[C@@H](NC(=O)OCc2ccccc2)C(=O)N[C@H](Cc2ccccc2)C1=O. The number of methoxy groups -OCH3 is 1. The zero-order valence-electron chi connectivity index (χ0n) is 40.2. The van der Waals surface area contributed by atoms with Crippen molar-refractivity contribution in [2.45, 2.75) is 114 Å². The average Bonchev–Trinajstić information content (AvgIpc) is 3.77. The number of nitrogens with zero attached hydrogens (tertiary/aromatic N) is 1. The fourth-order valence-electron chi connectivity index (χ4n) is 8.24. The molecule has 5 rings (SSSR count). The molecule has 18 nitrogen and oxygen atoms in total. The van der Waals surface area contributed by atoms with E-state index in [9.17, 15) is 33.6 Å². The number of carbonyl (C=O) groups is 8. The molecule has 0 bridgehead atoms. The van der Waals surface area contributed by atoms with Crippen LogP contribution in [0.15, 0.2) is 91.1 Å². The van der Waals surface area contributed by atoms with Gasteiger partial charge in [0.1, 0.15) is 42.9 Å². The van der Waals surface area contributed by atoms with Crippen LogP contribution in [0.3, 0.4) is 0 Å². The van der Waals surface area contributed by atoms with Gasteiger partial charge in [-0.25, -0.2) is 9.59 Å². The van der Waals surface area contributed by atoms with Crippen molar-refractivity contribution in [3.63, 3.8) is 0 Å². The molecule has 0 radical (unpaired) electrons. The molecule has 6 atom stereocenters. The molecule has 0 saturated carbocycles. The van der Waals surface area contributed by atoms with Gasteiger partial charge in [-0.15, -0.1) is 0 Å². The number of esters is 1. The summed E-state index contributed by atoms with van der Waals surface area (Å²) in [5, 5.41) is 14.5. The minimum atomic E-state index is -1.49. The van der Waals surface area contributed by atoms with E-state index in [1.165, 1.54) is 18.9 Å². The smallest absolute Gasteiger partial charge is 0.408 e. The van der Waals surface area contributed by atoms with Crippen LogP contribution in [0.1, 0.15) is 75.5 Å². The second-order valence-electron chi connectivity index (χ2n) is 17.6. The first-order chi connectivity index (χ1) is 33.7. The number of H-pyrrole nitrogens is 1. The number of hydrogen-bond acceptors (Lipinski definition) is 12. The molecule has 1 unspecified atom stereocenters. The quantitative estimate of drug-likeness (QED) is 0.0301. The van der Waals surface area contributed by atoms with Crippen LogP contribution in [0.4, 0.5) is 4.79 Å². The van der Waals surface area contributed by atoms with E-state index in [1.54, 1.807) is 60.8 Å². The van der Waals surface area contributed by atoms with Crippen molar-refractivity contribution in [2.75, 3.05) is 25.7 Å². The largest absolute Gasteiger partial charge is 0.467 e. The van der Waals surface area contributed by atoms with Crippen molar-refractivity contribution < 1.29 is 47.8 Å². The van der Waals surface area contributed by atoms with Gasteiger partial charge in [-0.2, -0.15) is 11.8 Å². The molecule has 4 aromatic rings. The number of thioether (sulfide) groups is 1.